The van der Waals surface area contributed by atoms with E-state index in [4.69, 9.17) is 0 Å². The van der Waals surface area contributed by atoms with Gasteiger partial charge in [-0.15, -0.1) is 0 Å². The van der Waals surface area contributed by atoms with Gasteiger partial charge in [-0.25, -0.2) is 4.39 Å². The fourth-order valence-electron chi connectivity index (χ4n) is 2.02. The Labute approximate surface area is 117 Å². The van der Waals surface area contributed by atoms with E-state index in [1.165, 1.54) is 12.1 Å². The Kier molecular flexibility index (Phi) is 4.03. The Balaban J connectivity index is 2.20. The van der Waals surface area contributed by atoms with Crippen LogP contribution in [0.25, 0.3) is 0 Å². The number of rotatable bonds is 3. The number of carbonyl (C=O) groups is 1. The minimum atomic E-state index is -0.483. The summed E-state index contributed by atoms with van der Waals surface area (Å²) in [6.45, 7) is 3.41. The van der Waals surface area contributed by atoms with E-state index in [2.05, 4.69) is 5.32 Å². The Bertz CT molecular complexity index is 640. The van der Waals surface area contributed by atoms with Crippen molar-refractivity contribution >= 4 is 5.91 Å². The number of para-hydroxylation sites is 1. The zero-order valence-electron chi connectivity index (χ0n) is 11.4. The van der Waals surface area contributed by atoms with Crippen LogP contribution < -0.4 is 5.32 Å². The monoisotopic (exact) mass is 273 g/mol. The van der Waals surface area contributed by atoms with Crippen LogP contribution in [0.15, 0.2) is 42.5 Å². The number of aromatic hydroxyl groups is 1. The molecule has 0 fully saturated rings. The maximum Gasteiger partial charge on any atom is 0.255 e. The highest BCUT2D eigenvalue weighted by atomic mass is 19.1. The van der Waals surface area contributed by atoms with E-state index < -0.39 is 11.9 Å². The summed E-state index contributed by atoms with van der Waals surface area (Å²) in [6, 6.07) is 10.7. The van der Waals surface area contributed by atoms with Crippen LogP contribution in [0, 0.1) is 12.7 Å². The molecule has 1 unspecified atom stereocenters. The largest absolute Gasteiger partial charge is 0.507 e. The molecule has 2 rings (SSSR count). The molecule has 20 heavy (non-hydrogen) atoms. The van der Waals surface area contributed by atoms with E-state index in [1.54, 1.807) is 44.2 Å². The number of hydrogen-bond acceptors (Lipinski definition) is 2. The van der Waals surface area contributed by atoms with E-state index in [0.717, 1.165) is 0 Å². The van der Waals surface area contributed by atoms with E-state index in [9.17, 15) is 14.3 Å². The van der Waals surface area contributed by atoms with Crippen molar-refractivity contribution in [2.24, 2.45) is 0 Å². The minimum Gasteiger partial charge on any atom is -0.507 e. The molecule has 0 heterocycles. The van der Waals surface area contributed by atoms with Gasteiger partial charge in [0.25, 0.3) is 5.91 Å². The summed E-state index contributed by atoms with van der Waals surface area (Å²) in [5.74, 6) is -0.846. The number of halogens is 1. The maximum absolute atomic E-state index is 13.6. The Morgan fingerprint density at radius 3 is 2.60 bits per heavy atom. The first-order valence-corrected chi connectivity index (χ1v) is 6.34. The summed E-state index contributed by atoms with van der Waals surface area (Å²) in [5.41, 5.74) is 1.22. The van der Waals surface area contributed by atoms with Crippen molar-refractivity contribution in [2.75, 3.05) is 0 Å². The normalized spacial score (nSPS) is 11.9. The van der Waals surface area contributed by atoms with Gasteiger partial charge in [-0.2, -0.15) is 0 Å². The summed E-state index contributed by atoms with van der Waals surface area (Å²) in [6.07, 6.45) is 0. The number of phenols is 1. The first kappa shape index (κ1) is 14.1. The lowest BCUT2D eigenvalue weighted by Crippen LogP contribution is -2.27. The van der Waals surface area contributed by atoms with Crippen LogP contribution in [-0.2, 0) is 0 Å². The molecule has 0 spiro atoms. The van der Waals surface area contributed by atoms with Gasteiger partial charge in [0.2, 0.25) is 0 Å². The molecule has 0 saturated heterocycles. The lowest BCUT2D eigenvalue weighted by atomic mass is 10.1. The fraction of sp³-hybridized carbons (Fsp3) is 0.188. The van der Waals surface area contributed by atoms with Gasteiger partial charge < -0.3 is 10.4 Å². The summed E-state index contributed by atoms with van der Waals surface area (Å²) < 4.78 is 13.6. The zero-order chi connectivity index (χ0) is 14.7. The molecule has 104 valence electrons. The highest BCUT2D eigenvalue weighted by Crippen LogP contribution is 2.23. The van der Waals surface area contributed by atoms with Gasteiger partial charge in [0, 0.05) is 5.56 Å². The molecule has 0 saturated carbocycles. The average molecular weight is 273 g/mol. The summed E-state index contributed by atoms with van der Waals surface area (Å²) in [5, 5.41) is 12.6. The smallest absolute Gasteiger partial charge is 0.255 e. The number of hydrogen-bond donors (Lipinski definition) is 2. The van der Waals surface area contributed by atoms with Crippen molar-refractivity contribution in [2.45, 2.75) is 19.9 Å². The number of amides is 1. The number of benzene rings is 2. The Morgan fingerprint density at radius 2 is 1.90 bits per heavy atom. The molecule has 1 amide bonds. The van der Waals surface area contributed by atoms with Crippen LogP contribution in [0.1, 0.15) is 34.5 Å². The van der Waals surface area contributed by atoms with Crippen LogP contribution in [0.2, 0.25) is 0 Å². The first-order chi connectivity index (χ1) is 9.50. The quantitative estimate of drug-likeness (QED) is 0.901. The standard InChI is InChI=1S/C16H16FNO2/c1-10-6-5-8-13(15(10)19)16(20)18-11(2)12-7-3-4-9-14(12)17/h3-9,11,19H,1-2H3,(H,18,20). The van der Waals surface area contributed by atoms with Crippen molar-refractivity contribution in [3.8, 4) is 5.75 Å². The molecule has 2 N–H and O–H groups in total. The van der Waals surface area contributed by atoms with Crippen molar-refractivity contribution in [1.29, 1.82) is 0 Å². The van der Waals surface area contributed by atoms with Crippen molar-refractivity contribution < 1.29 is 14.3 Å². The lowest BCUT2D eigenvalue weighted by Gasteiger charge is -2.16. The SMILES string of the molecule is Cc1cccc(C(=O)NC(C)c2ccccc2F)c1O. The van der Waals surface area contributed by atoms with Gasteiger partial charge in [-0.3, -0.25) is 4.79 Å². The second-order valence-electron chi connectivity index (χ2n) is 4.69. The van der Waals surface area contributed by atoms with E-state index in [0.29, 0.717) is 11.1 Å². The molecule has 0 aliphatic rings. The topological polar surface area (TPSA) is 49.3 Å². The van der Waals surface area contributed by atoms with Crippen LogP contribution in [0.5, 0.6) is 5.75 Å². The second-order valence-corrected chi connectivity index (χ2v) is 4.69. The van der Waals surface area contributed by atoms with Crippen LogP contribution in [-0.4, -0.2) is 11.0 Å². The molecule has 0 aromatic heterocycles. The maximum atomic E-state index is 13.6. The summed E-state index contributed by atoms with van der Waals surface area (Å²) >= 11 is 0. The molecule has 2 aromatic rings. The fourth-order valence-corrected chi connectivity index (χ4v) is 2.02. The van der Waals surface area contributed by atoms with Gasteiger partial charge in [-0.1, -0.05) is 30.3 Å². The number of carbonyl (C=O) groups excluding carboxylic acids is 1. The molecule has 0 aliphatic heterocycles. The zero-order valence-corrected chi connectivity index (χ0v) is 11.4. The van der Waals surface area contributed by atoms with Crippen LogP contribution in [0.4, 0.5) is 4.39 Å². The van der Waals surface area contributed by atoms with Crippen molar-refractivity contribution in [3.05, 3.63) is 65.0 Å². The molecular formula is C16H16FNO2. The average Bonchev–Trinajstić information content (AvgIpc) is 2.42. The Hall–Kier alpha value is -2.36. The molecule has 2 aromatic carbocycles. The third-order valence-corrected chi connectivity index (χ3v) is 3.20. The van der Waals surface area contributed by atoms with Crippen LogP contribution in [0.3, 0.4) is 0 Å². The van der Waals surface area contributed by atoms with Gasteiger partial charge in [0.05, 0.1) is 11.6 Å². The molecule has 1 atom stereocenters. The number of aryl methyl sites for hydroxylation is 1. The molecule has 0 bridgehead atoms. The third-order valence-electron chi connectivity index (χ3n) is 3.20. The molecule has 0 aliphatic carbocycles. The summed E-state index contributed by atoms with van der Waals surface area (Å²) in [4.78, 5) is 12.1. The van der Waals surface area contributed by atoms with Crippen molar-refractivity contribution in [1.82, 2.24) is 5.32 Å². The van der Waals surface area contributed by atoms with Gasteiger partial charge in [0.15, 0.2) is 0 Å². The predicted molar refractivity (Wildman–Crippen MR) is 75.1 cm³/mol. The lowest BCUT2D eigenvalue weighted by molar-refractivity contribution is 0.0936. The van der Waals surface area contributed by atoms with E-state index >= 15 is 0 Å². The molecular weight excluding hydrogens is 257 g/mol. The van der Waals surface area contributed by atoms with Gasteiger partial charge in [-0.05, 0) is 31.5 Å². The highest BCUT2D eigenvalue weighted by Gasteiger charge is 2.17. The predicted octanol–water partition coefficient (Wildman–Crippen LogP) is 3.33. The van der Waals surface area contributed by atoms with E-state index in [-0.39, 0.29) is 17.1 Å². The van der Waals surface area contributed by atoms with Crippen molar-refractivity contribution in [3.63, 3.8) is 0 Å². The minimum absolute atomic E-state index is 0.0502. The number of nitrogens with one attached hydrogen (secondary N) is 1. The third kappa shape index (κ3) is 2.79. The second kappa shape index (κ2) is 5.74. The molecule has 4 heteroatoms. The molecule has 0 radical (unpaired) electrons. The van der Waals surface area contributed by atoms with Gasteiger partial charge >= 0.3 is 0 Å². The first-order valence-electron chi connectivity index (χ1n) is 6.34. The van der Waals surface area contributed by atoms with Gasteiger partial charge in [0.1, 0.15) is 11.6 Å². The van der Waals surface area contributed by atoms with E-state index in [1.807, 2.05) is 0 Å². The van der Waals surface area contributed by atoms with Crippen LogP contribution >= 0.6 is 0 Å². The highest BCUT2D eigenvalue weighted by molar-refractivity contribution is 5.97. The summed E-state index contributed by atoms with van der Waals surface area (Å²) in [7, 11) is 0. The number of phenolic OH excluding ortho intramolecular Hbond substituents is 1. The molecule has 3 nitrogen and oxygen atoms in total. The Morgan fingerprint density at radius 1 is 1.20 bits per heavy atom.